The average molecular weight is 309 g/mol. The summed E-state index contributed by atoms with van der Waals surface area (Å²) in [6, 6.07) is 5.16. The van der Waals surface area contributed by atoms with Crippen molar-refractivity contribution in [3.8, 4) is 0 Å². The summed E-state index contributed by atoms with van der Waals surface area (Å²) in [7, 11) is 0. The number of carbonyl (C=O) groups is 2. The smallest absolute Gasteiger partial charge is 0.245 e. The number of morpholine rings is 1. The van der Waals surface area contributed by atoms with Gasteiger partial charge in [0.05, 0.1) is 23.8 Å². The first-order valence-corrected chi connectivity index (χ1v) is 7.47. The normalized spacial score (nSPS) is 22.0. The van der Waals surface area contributed by atoms with E-state index in [0.29, 0.717) is 42.1 Å². The third kappa shape index (κ3) is 3.04. The van der Waals surface area contributed by atoms with Gasteiger partial charge in [-0.2, -0.15) is 0 Å². The van der Waals surface area contributed by atoms with Crippen molar-refractivity contribution in [1.29, 1.82) is 0 Å². The molecule has 0 radical (unpaired) electrons. The van der Waals surface area contributed by atoms with Gasteiger partial charge in [0.15, 0.2) is 6.29 Å². The Morgan fingerprint density at radius 1 is 1.43 bits per heavy atom. The van der Waals surface area contributed by atoms with Crippen LogP contribution in [-0.2, 0) is 9.53 Å². The molecule has 1 saturated carbocycles. The maximum absolute atomic E-state index is 12.4. The summed E-state index contributed by atoms with van der Waals surface area (Å²) in [5.74, 6) is -0.0472. The quantitative estimate of drug-likeness (QED) is 0.859. The first-order valence-electron chi connectivity index (χ1n) is 7.09. The Morgan fingerprint density at radius 3 is 2.95 bits per heavy atom. The lowest BCUT2D eigenvalue weighted by Gasteiger charge is -2.37. The van der Waals surface area contributed by atoms with Crippen LogP contribution < -0.4 is 10.2 Å². The Balaban J connectivity index is 1.88. The molecule has 1 aromatic carbocycles. The summed E-state index contributed by atoms with van der Waals surface area (Å²) in [4.78, 5) is 25.6. The number of aldehydes is 1. The highest BCUT2D eigenvalue weighted by Gasteiger charge is 2.34. The highest BCUT2D eigenvalue weighted by Crippen LogP contribution is 2.29. The Hall–Kier alpha value is -1.59. The molecule has 0 aromatic heterocycles. The molecular formula is C15H17ClN2O3. The van der Waals surface area contributed by atoms with Crippen molar-refractivity contribution in [1.82, 2.24) is 5.32 Å². The van der Waals surface area contributed by atoms with E-state index in [4.69, 9.17) is 16.3 Å². The van der Waals surface area contributed by atoms with Gasteiger partial charge in [-0.1, -0.05) is 17.7 Å². The molecule has 1 unspecified atom stereocenters. The molecule has 1 aliphatic heterocycles. The van der Waals surface area contributed by atoms with Gasteiger partial charge in [-0.05, 0) is 25.0 Å². The number of carbonyl (C=O) groups excluding carboxylic acids is 2. The number of halogens is 1. The van der Waals surface area contributed by atoms with Crippen molar-refractivity contribution in [2.24, 2.45) is 0 Å². The fourth-order valence-corrected chi connectivity index (χ4v) is 2.74. The van der Waals surface area contributed by atoms with E-state index in [2.05, 4.69) is 5.32 Å². The second-order valence-electron chi connectivity index (χ2n) is 5.36. The summed E-state index contributed by atoms with van der Waals surface area (Å²) in [6.07, 6.45) is 2.81. The van der Waals surface area contributed by atoms with Gasteiger partial charge >= 0.3 is 0 Å². The predicted octanol–water partition coefficient (Wildman–Crippen LogP) is 1.64. The molecule has 1 saturated heterocycles. The molecule has 21 heavy (non-hydrogen) atoms. The van der Waals surface area contributed by atoms with Gasteiger partial charge in [-0.25, -0.2) is 0 Å². The molecule has 3 rings (SSSR count). The molecule has 6 heteroatoms. The van der Waals surface area contributed by atoms with Gasteiger partial charge in [0, 0.05) is 18.3 Å². The van der Waals surface area contributed by atoms with E-state index in [1.807, 2.05) is 11.0 Å². The highest BCUT2D eigenvalue weighted by atomic mass is 35.5. The molecule has 0 bridgehead atoms. The van der Waals surface area contributed by atoms with E-state index in [-0.39, 0.29) is 5.91 Å². The third-order valence-electron chi connectivity index (χ3n) is 3.81. The topological polar surface area (TPSA) is 58.6 Å². The van der Waals surface area contributed by atoms with E-state index in [1.54, 1.807) is 12.1 Å². The monoisotopic (exact) mass is 308 g/mol. The molecule has 1 aliphatic carbocycles. The van der Waals surface area contributed by atoms with Crippen LogP contribution in [0.3, 0.4) is 0 Å². The van der Waals surface area contributed by atoms with Crippen LogP contribution in [0.4, 0.5) is 5.69 Å². The largest absolute Gasteiger partial charge is 0.377 e. The van der Waals surface area contributed by atoms with E-state index in [1.165, 1.54) is 0 Å². The van der Waals surface area contributed by atoms with Crippen LogP contribution >= 0.6 is 11.6 Å². The SMILES string of the molecule is O=Cc1c(Cl)cccc1N1CCOCC1C(=O)NC1CC1. The van der Waals surface area contributed by atoms with Gasteiger partial charge < -0.3 is 15.0 Å². The lowest BCUT2D eigenvalue weighted by atomic mass is 10.1. The number of amides is 1. The van der Waals surface area contributed by atoms with Crippen molar-refractivity contribution in [3.05, 3.63) is 28.8 Å². The van der Waals surface area contributed by atoms with Crippen LogP contribution in [0, 0.1) is 0 Å². The summed E-state index contributed by atoms with van der Waals surface area (Å²) in [5, 5.41) is 3.39. The molecule has 1 heterocycles. The average Bonchev–Trinajstić information content (AvgIpc) is 3.31. The summed E-state index contributed by atoms with van der Waals surface area (Å²) < 4.78 is 5.44. The van der Waals surface area contributed by atoms with Gasteiger partial charge in [0.1, 0.15) is 6.04 Å². The number of rotatable bonds is 4. The van der Waals surface area contributed by atoms with E-state index in [0.717, 1.165) is 19.1 Å². The minimum absolute atomic E-state index is 0.0472. The molecule has 2 fully saturated rings. The van der Waals surface area contributed by atoms with Gasteiger partial charge in [0.25, 0.3) is 0 Å². The highest BCUT2D eigenvalue weighted by molar-refractivity contribution is 6.33. The zero-order valence-electron chi connectivity index (χ0n) is 11.5. The minimum Gasteiger partial charge on any atom is -0.377 e. The van der Waals surface area contributed by atoms with Crippen LogP contribution in [0.1, 0.15) is 23.2 Å². The van der Waals surface area contributed by atoms with Gasteiger partial charge in [-0.3, -0.25) is 9.59 Å². The van der Waals surface area contributed by atoms with Crippen LogP contribution in [0.25, 0.3) is 0 Å². The van der Waals surface area contributed by atoms with E-state index < -0.39 is 6.04 Å². The lowest BCUT2D eigenvalue weighted by molar-refractivity contribution is -0.124. The molecule has 2 aliphatic rings. The third-order valence-corrected chi connectivity index (χ3v) is 4.14. The molecule has 0 spiro atoms. The van der Waals surface area contributed by atoms with Gasteiger partial charge in [0.2, 0.25) is 5.91 Å². The summed E-state index contributed by atoms with van der Waals surface area (Å²) in [5.41, 5.74) is 1.11. The fourth-order valence-electron chi connectivity index (χ4n) is 2.53. The number of nitrogens with zero attached hydrogens (tertiary/aromatic N) is 1. The number of nitrogens with one attached hydrogen (secondary N) is 1. The maximum atomic E-state index is 12.4. The second-order valence-corrected chi connectivity index (χ2v) is 5.76. The Labute approximate surface area is 128 Å². The molecule has 1 amide bonds. The summed E-state index contributed by atoms with van der Waals surface area (Å²) in [6.45, 7) is 1.41. The van der Waals surface area contributed by atoms with Crippen molar-refractivity contribution in [2.75, 3.05) is 24.7 Å². The van der Waals surface area contributed by atoms with E-state index >= 15 is 0 Å². The number of hydrogen-bond acceptors (Lipinski definition) is 4. The second kappa shape index (κ2) is 6.03. The molecule has 5 nitrogen and oxygen atoms in total. The van der Waals surface area contributed by atoms with Crippen molar-refractivity contribution in [2.45, 2.75) is 24.9 Å². The molecule has 112 valence electrons. The molecule has 1 N–H and O–H groups in total. The van der Waals surface area contributed by atoms with Crippen LogP contribution in [0.2, 0.25) is 5.02 Å². The number of anilines is 1. The minimum atomic E-state index is -0.420. The Bertz CT molecular complexity index is 560. The molecule has 1 aromatic rings. The van der Waals surface area contributed by atoms with Crippen LogP contribution in [0.15, 0.2) is 18.2 Å². The lowest BCUT2D eigenvalue weighted by Crippen LogP contribution is -2.54. The van der Waals surface area contributed by atoms with Crippen LogP contribution in [-0.4, -0.2) is 44.0 Å². The number of hydrogen-bond donors (Lipinski definition) is 1. The number of benzene rings is 1. The number of ether oxygens (including phenoxy) is 1. The Morgan fingerprint density at radius 2 is 2.24 bits per heavy atom. The zero-order chi connectivity index (χ0) is 14.8. The van der Waals surface area contributed by atoms with Crippen molar-refractivity contribution < 1.29 is 14.3 Å². The van der Waals surface area contributed by atoms with E-state index in [9.17, 15) is 9.59 Å². The summed E-state index contributed by atoms with van der Waals surface area (Å²) >= 11 is 6.08. The maximum Gasteiger partial charge on any atom is 0.245 e. The zero-order valence-corrected chi connectivity index (χ0v) is 12.3. The first kappa shape index (κ1) is 14.4. The van der Waals surface area contributed by atoms with Crippen molar-refractivity contribution >= 4 is 29.5 Å². The van der Waals surface area contributed by atoms with Crippen molar-refractivity contribution in [3.63, 3.8) is 0 Å². The first-order chi connectivity index (χ1) is 10.2. The van der Waals surface area contributed by atoms with Crippen LogP contribution in [0.5, 0.6) is 0 Å². The molecule has 1 atom stereocenters. The molecular weight excluding hydrogens is 292 g/mol. The van der Waals surface area contributed by atoms with Gasteiger partial charge in [-0.15, -0.1) is 0 Å². The Kier molecular flexibility index (Phi) is 4.12. The predicted molar refractivity (Wildman–Crippen MR) is 80.0 cm³/mol. The fraction of sp³-hybridized carbons (Fsp3) is 0.467. The standard InChI is InChI=1S/C15H17ClN2O3/c16-12-2-1-3-13(11(12)8-19)18-6-7-21-9-14(18)15(20)17-10-4-5-10/h1-3,8,10,14H,4-7,9H2,(H,17,20).